The number of thioether (sulfide) groups is 1. The van der Waals surface area contributed by atoms with Gasteiger partial charge in [0.05, 0.1) is 0 Å². The second-order valence-corrected chi connectivity index (χ2v) is 7.42. The van der Waals surface area contributed by atoms with Gasteiger partial charge in [-0.25, -0.2) is 0 Å². The molecule has 104 valence electrons. The third-order valence-electron chi connectivity index (χ3n) is 4.87. The second-order valence-electron chi connectivity index (χ2n) is 6.19. The smallest absolute Gasteiger partial charge is 0.0297 e. The Morgan fingerprint density at radius 3 is 2.32 bits per heavy atom. The van der Waals surface area contributed by atoms with E-state index in [0.717, 1.165) is 11.8 Å². The van der Waals surface area contributed by atoms with Gasteiger partial charge in [0, 0.05) is 6.04 Å². The molecule has 2 fully saturated rings. The van der Waals surface area contributed by atoms with Gasteiger partial charge in [-0.1, -0.05) is 30.7 Å². The molecule has 1 saturated carbocycles. The van der Waals surface area contributed by atoms with Crippen LogP contribution in [0.1, 0.15) is 61.6 Å². The number of rotatable bonds is 4. The highest BCUT2D eigenvalue weighted by Crippen LogP contribution is 2.37. The predicted octanol–water partition coefficient (Wildman–Crippen LogP) is 4.49. The van der Waals surface area contributed by atoms with E-state index in [4.69, 9.17) is 5.73 Å². The maximum absolute atomic E-state index is 6.39. The van der Waals surface area contributed by atoms with Crippen LogP contribution in [0.2, 0.25) is 0 Å². The van der Waals surface area contributed by atoms with Crippen molar-refractivity contribution in [1.82, 2.24) is 0 Å². The van der Waals surface area contributed by atoms with Crippen LogP contribution in [0.4, 0.5) is 0 Å². The number of hydrogen-bond acceptors (Lipinski definition) is 2. The molecular weight excluding hydrogens is 250 g/mol. The van der Waals surface area contributed by atoms with E-state index in [1.807, 2.05) is 0 Å². The molecule has 1 heterocycles. The largest absolute Gasteiger partial charge is 0.324 e. The van der Waals surface area contributed by atoms with Gasteiger partial charge in [-0.15, -0.1) is 0 Å². The first kappa shape index (κ1) is 13.5. The summed E-state index contributed by atoms with van der Waals surface area (Å²) in [5, 5.41) is 0. The van der Waals surface area contributed by atoms with Crippen LogP contribution in [0.25, 0.3) is 0 Å². The molecule has 0 spiro atoms. The summed E-state index contributed by atoms with van der Waals surface area (Å²) in [6.45, 7) is 0. The molecule has 1 aromatic rings. The molecule has 2 aliphatic rings. The van der Waals surface area contributed by atoms with Crippen LogP contribution in [0.5, 0.6) is 0 Å². The Labute approximate surface area is 121 Å². The van der Waals surface area contributed by atoms with Crippen molar-refractivity contribution in [3.63, 3.8) is 0 Å². The summed E-state index contributed by atoms with van der Waals surface area (Å²) >= 11 is 2.09. The summed E-state index contributed by atoms with van der Waals surface area (Å²) in [6.07, 6.45) is 8.06. The van der Waals surface area contributed by atoms with Gasteiger partial charge in [0.15, 0.2) is 0 Å². The van der Waals surface area contributed by atoms with Gasteiger partial charge in [-0.2, -0.15) is 11.8 Å². The molecule has 3 rings (SSSR count). The van der Waals surface area contributed by atoms with Crippen molar-refractivity contribution >= 4 is 11.8 Å². The van der Waals surface area contributed by atoms with E-state index < -0.39 is 0 Å². The standard InChI is InChI=1S/C17H25NS/c18-17(12-13-8-10-19-11-9-13)16-6-4-15(5-7-16)14-2-1-3-14/h4-7,13-14,17H,1-3,8-12,18H2. The van der Waals surface area contributed by atoms with Crippen molar-refractivity contribution in [1.29, 1.82) is 0 Å². The van der Waals surface area contributed by atoms with Crippen molar-refractivity contribution in [3.8, 4) is 0 Å². The van der Waals surface area contributed by atoms with Crippen molar-refractivity contribution in [2.75, 3.05) is 11.5 Å². The first-order chi connectivity index (χ1) is 9.33. The fraction of sp³-hybridized carbons (Fsp3) is 0.647. The summed E-state index contributed by atoms with van der Waals surface area (Å²) in [5.41, 5.74) is 9.25. The topological polar surface area (TPSA) is 26.0 Å². The Balaban J connectivity index is 1.57. The van der Waals surface area contributed by atoms with Crippen molar-refractivity contribution < 1.29 is 0 Å². The van der Waals surface area contributed by atoms with Crippen LogP contribution >= 0.6 is 11.8 Å². The van der Waals surface area contributed by atoms with Crippen LogP contribution in [0, 0.1) is 5.92 Å². The van der Waals surface area contributed by atoms with Crippen LogP contribution in [-0.2, 0) is 0 Å². The minimum Gasteiger partial charge on any atom is -0.324 e. The van der Waals surface area contributed by atoms with Crippen molar-refractivity contribution in [2.45, 2.75) is 50.5 Å². The zero-order chi connectivity index (χ0) is 13.1. The van der Waals surface area contributed by atoms with E-state index in [2.05, 4.69) is 36.0 Å². The molecule has 1 aliphatic carbocycles. The van der Waals surface area contributed by atoms with Crippen LogP contribution < -0.4 is 5.73 Å². The minimum absolute atomic E-state index is 0.239. The highest BCUT2D eigenvalue weighted by atomic mass is 32.2. The third-order valence-corrected chi connectivity index (χ3v) is 5.92. The lowest BCUT2D eigenvalue weighted by Gasteiger charge is -2.27. The number of nitrogens with two attached hydrogens (primary N) is 1. The molecule has 1 aromatic carbocycles. The summed E-state index contributed by atoms with van der Waals surface area (Å²) in [4.78, 5) is 0. The normalized spacial score (nSPS) is 23.0. The molecule has 2 N–H and O–H groups in total. The van der Waals surface area contributed by atoms with Gasteiger partial charge in [0.25, 0.3) is 0 Å². The highest BCUT2D eigenvalue weighted by molar-refractivity contribution is 7.99. The zero-order valence-corrected chi connectivity index (χ0v) is 12.5. The Morgan fingerprint density at radius 2 is 1.74 bits per heavy atom. The molecule has 0 aromatic heterocycles. The Morgan fingerprint density at radius 1 is 1.05 bits per heavy atom. The predicted molar refractivity (Wildman–Crippen MR) is 84.6 cm³/mol. The Bertz CT molecular complexity index is 390. The van der Waals surface area contributed by atoms with Gasteiger partial charge in [0.2, 0.25) is 0 Å². The Kier molecular flexibility index (Phi) is 4.49. The van der Waals surface area contributed by atoms with Gasteiger partial charge in [-0.3, -0.25) is 0 Å². The van der Waals surface area contributed by atoms with Crippen LogP contribution in [-0.4, -0.2) is 11.5 Å². The fourth-order valence-electron chi connectivity index (χ4n) is 3.23. The van der Waals surface area contributed by atoms with E-state index in [1.165, 1.54) is 61.2 Å². The molecule has 0 amide bonds. The highest BCUT2D eigenvalue weighted by Gasteiger charge is 2.20. The van der Waals surface area contributed by atoms with E-state index in [1.54, 1.807) is 0 Å². The van der Waals surface area contributed by atoms with E-state index in [9.17, 15) is 0 Å². The molecule has 1 saturated heterocycles. The molecule has 1 aliphatic heterocycles. The number of benzene rings is 1. The van der Waals surface area contributed by atoms with Crippen LogP contribution in [0.3, 0.4) is 0 Å². The molecule has 0 radical (unpaired) electrons. The SMILES string of the molecule is NC(CC1CCSCC1)c1ccc(C2CCC2)cc1. The summed E-state index contributed by atoms with van der Waals surface area (Å²) < 4.78 is 0. The molecule has 1 unspecified atom stereocenters. The maximum atomic E-state index is 6.39. The monoisotopic (exact) mass is 275 g/mol. The molecule has 1 nitrogen and oxygen atoms in total. The number of hydrogen-bond donors (Lipinski definition) is 1. The summed E-state index contributed by atoms with van der Waals surface area (Å²) in [7, 11) is 0. The quantitative estimate of drug-likeness (QED) is 0.876. The van der Waals surface area contributed by atoms with Crippen molar-refractivity contribution in [2.24, 2.45) is 11.7 Å². The average Bonchev–Trinajstić information content (AvgIpc) is 2.39. The molecule has 19 heavy (non-hydrogen) atoms. The lowest BCUT2D eigenvalue weighted by atomic mass is 9.79. The van der Waals surface area contributed by atoms with E-state index in [-0.39, 0.29) is 6.04 Å². The lowest BCUT2D eigenvalue weighted by molar-refractivity contribution is 0.411. The first-order valence-electron chi connectivity index (χ1n) is 7.76. The second kappa shape index (κ2) is 6.32. The van der Waals surface area contributed by atoms with Gasteiger partial charge >= 0.3 is 0 Å². The molecule has 2 heteroatoms. The summed E-state index contributed by atoms with van der Waals surface area (Å²) in [5.74, 6) is 4.35. The molecular formula is C17H25NS. The maximum Gasteiger partial charge on any atom is 0.0297 e. The first-order valence-corrected chi connectivity index (χ1v) is 8.91. The zero-order valence-electron chi connectivity index (χ0n) is 11.7. The molecule has 1 atom stereocenters. The van der Waals surface area contributed by atoms with Gasteiger partial charge < -0.3 is 5.73 Å². The fourth-order valence-corrected chi connectivity index (χ4v) is 4.44. The van der Waals surface area contributed by atoms with E-state index in [0.29, 0.717) is 0 Å². The summed E-state index contributed by atoms with van der Waals surface area (Å²) in [6, 6.07) is 9.42. The van der Waals surface area contributed by atoms with Crippen molar-refractivity contribution in [3.05, 3.63) is 35.4 Å². The average molecular weight is 275 g/mol. The van der Waals surface area contributed by atoms with Gasteiger partial charge in [-0.05, 0) is 66.6 Å². The minimum atomic E-state index is 0.239. The third kappa shape index (κ3) is 3.35. The Hall–Kier alpha value is -0.470. The van der Waals surface area contributed by atoms with Gasteiger partial charge in [0.1, 0.15) is 0 Å². The molecule has 0 bridgehead atoms. The van der Waals surface area contributed by atoms with Crippen LogP contribution in [0.15, 0.2) is 24.3 Å². The lowest BCUT2D eigenvalue weighted by Crippen LogP contribution is -2.19. The van der Waals surface area contributed by atoms with E-state index >= 15 is 0 Å².